The maximum absolute atomic E-state index is 13.0. The van der Waals surface area contributed by atoms with E-state index < -0.39 is 5.69 Å². The summed E-state index contributed by atoms with van der Waals surface area (Å²) in [6.45, 7) is 5.33. The second kappa shape index (κ2) is 8.97. The Labute approximate surface area is 190 Å². The molecule has 9 heteroatoms. The van der Waals surface area contributed by atoms with Gasteiger partial charge in [-0.2, -0.15) is 0 Å². The van der Waals surface area contributed by atoms with Crippen LogP contribution in [0.5, 0.6) is 0 Å². The Hall–Kier alpha value is -2.81. The quantitative estimate of drug-likeness (QED) is 0.552. The molecule has 0 spiro atoms. The van der Waals surface area contributed by atoms with E-state index >= 15 is 0 Å². The Morgan fingerprint density at radius 3 is 2.53 bits per heavy atom. The number of thioether (sulfide) groups is 1. The standard InChI is InChI=1S/C23H29N5O3S/c1-15-8-10-17(11-9-15)13-28-19-20(25(3)23(31)26(4)21(19)30)24-22(28)32-14-18(29)27-12-6-5-7-16(27)2/h8-11,16H,5-7,12-14H2,1-4H3/t16-/m0/s1. The number of aromatic nitrogens is 4. The second-order valence-electron chi connectivity index (χ2n) is 8.56. The van der Waals surface area contributed by atoms with Gasteiger partial charge in [-0.15, -0.1) is 0 Å². The molecule has 1 aliphatic heterocycles. The first-order chi connectivity index (χ1) is 15.3. The molecule has 1 amide bonds. The van der Waals surface area contributed by atoms with Crippen molar-refractivity contribution in [3.8, 4) is 0 Å². The number of rotatable bonds is 5. The van der Waals surface area contributed by atoms with Gasteiger partial charge < -0.3 is 9.47 Å². The number of aryl methyl sites for hydroxylation is 2. The summed E-state index contributed by atoms with van der Waals surface area (Å²) in [5, 5.41) is 0.567. The lowest BCUT2D eigenvalue weighted by atomic mass is 10.0. The minimum absolute atomic E-state index is 0.0814. The summed E-state index contributed by atoms with van der Waals surface area (Å²) in [6.07, 6.45) is 3.22. The maximum atomic E-state index is 13.0. The molecule has 1 atom stereocenters. The second-order valence-corrected chi connectivity index (χ2v) is 9.51. The van der Waals surface area contributed by atoms with Gasteiger partial charge >= 0.3 is 5.69 Å². The summed E-state index contributed by atoms with van der Waals surface area (Å²) in [4.78, 5) is 44.9. The van der Waals surface area contributed by atoms with Gasteiger partial charge in [0, 0.05) is 26.7 Å². The van der Waals surface area contributed by atoms with Gasteiger partial charge in [0.1, 0.15) is 0 Å². The molecule has 0 radical (unpaired) electrons. The predicted molar refractivity (Wildman–Crippen MR) is 126 cm³/mol. The summed E-state index contributed by atoms with van der Waals surface area (Å²) in [6, 6.07) is 8.33. The topological polar surface area (TPSA) is 82.1 Å². The highest BCUT2D eigenvalue weighted by atomic mass is 32.2. The van der Waals surface area contributed by atoms with Crippen LogP contribution in [0.1, 0.15) is 37.3 Å². The first kappa shape index (κ1) is 22.4. The number of imidazole rings is 1. The minimum Gasteiger partial charge on any atom is -0.339 e. The summed E-state index contributed by atoms with van der Waals surface area (Å²) in [7, 11) is 3.09. The van der Waals surface area contributed by atoms with Crippen molar-refractivity contribution in [2.45, 2.75) is 50.9 Å². The van der Waals surface area contributed by atoms with Crippen molar-refractivity contribution in [1.82, 2.24) is 23.6 Å². The van der Waals surface area contributed by atoms with Crippen molar-refractivity contribution in [3.63, 3.8) is 0 Å². The summed E-state index contributed by atoms with van der Waals surface area (Å²) < 4.78 is 4.32. The number of piperidine rings is 1. The average Bonchev–Trinajstić information content (AvgIpc) is 3.14. The van der Waals surface area contributed by atoms with Crippen molar-refractivity contribution in [2.24, 2.45) is 14.1 Å². The predicted octanol–water partition coefficient (Wildman–Crippen LogP) is 2.28. The van der Waals surface area contributed by atoms with E-state index in [2.05, 4.69) is 11.9 Å². The Bertz CT molecular complexity index is 1270. The fourth-order valence-electron chi connectivity index (χ4n) is 4.24. The van der Waals surface area contributed by atoms with Crippen molar-refractivity contribution >= 4 is 28.8 Å². The third kappa shape index (κ3) is 4.13. The Morgan fingerprint density at radius 2 is 1.84 bits per heavy atom. The molecule has 1 saturated heterocycles. The zero-order chi connectivity index (χ0) is 23.0. The van der Waals surface area contributed by atoms with Crippen LogP contribution in [-0.4, -0.2) is 47.8 Å². The highest BCUT2D eigenvalue weighted by molar-refractivity contribution is 7.99. The van der Waals surface area contributed by atoms with Gasteiger partial charge in [-0.25, -0.2) is 9.78 Å². The minimum atomic E-state index is -0.419. The zero-order valence-electron chi connectivity index (χ0n) is 19.0. The molecular weight excluding hydrogens is 426 g/mol. The van der Waals surface area contributed by atoms with Gasteiger partial charge in [-0.1, -0.05) is 41.6 Å². The van der Waals surface area contributed by atoms with Crippen molar-refractivity contribution in [3.05, 3.63) is 56.2 Å². The molecule has 1 aromatic carbocycles. The summed E-state index contributed by atoms with van der Waals surface area (Å²) in [5.74, 6) is 0.327. The molecule has 0 saturated carbocycles. The van der Waals surface area contributed by atoms with Gasteiger partial charge in [0.05, 0.1) is 12.3 Å². The molecule has 0 aliphatic carbocycles. The molecule has 4 rings (SSSR count). The smallest absolute Gasteiger partial charge is 0.332 e. The van der Waals surface area contributed by atoms with Crippen LogP contribution in [0.4, 0.5) is 0 Å². The highest BCUT2D eigenvalue weighted by Crippen LogP contribution is 2.25. The van der Waals surface area contributed by atoms with E-state index in [4.69, 9.17) is 0 Å². The lowest BCUT2D eigenvalue weighted by Gasteiger charge is -2.33. The van der Waals surface area contributed by atoms with Crippen LogP contribution in [0.2, 0.25) is 0 Å². The molecule has 3 aromatic rings. The fraction of sp³-hybridized carbons (Fsp3) is 0.478. The van der Waals surface area contributed by atoms with E-state index in [1.807, 2.05) is 40.7 Å². The van der Waals surface area contributed by atoms with E-state index in [1.165, 1.54) is 23.4 Å². The van der Waals surface area contributed by atoms with Crippen LogP contribution in [0.3, 0.4) is 0 Å². The molecular formula is C23H29N5O3S. The third-order valence-electron chi connectivity index (χ3n) is 6.22. The largest absolute Gasteiger partial charge is 0.339 e. The number of hydrogen-bond donors (Lipinski definition) is 0. The van der Waals surface area contributed by atoms with Crippen molar-refractivity contribution in [1.29, 1.82) is 0 Å². The number of fused-ring (bicyclic) bond motifs is 1. The van der Waals surface area contributed by atoms with E-state index in [0.29, 0.717) is 22.9 Å². The highest BCUT2D eigenvalue weighted by Gasteiger charge is 2.25. The Kier molecular flexibility index (Phi) is 6.28. The first-order valence-corrected chi connectivity index (χ1v) is 11.9. The van der Waals surface area contributed by atoms with Gasteiger partial charge in [-0.3, -0.25) is 18.7 Å². The van der Waals surface area contributed by atoms with Gasteiger partial charge in [0.2, 0.25) is 5.91 Å². The monoisotopic (exact) mass is 455 g/mol. The molecule has 3 heterocycles. The van der Waals surface area contributed by atoms with Crippen LogP contribution < -0.4 is 11.2 Å². The number of benzene rings is 1. The van der Waals surface area contributed by atoms with E-state index in [-0.39, 0.29) is 23.3 Å². The lowest BCUT2D eigenvalue weighted by Crippen LogP contribution is -2.43. The molecule has 2 aromatic heterocycles. The van der Waals surface area contributed by atoms with E-state index in [9.17, 15) is 14.4 Å². The van der Waals surface area contributed by atoms with Crippen LogP contribution in [0, 0.1) is 6.92 Å². The number of likely N-dealkylation sites (tertiary alicyclic amines) is 1. The lowest BCUT2D eigenvalue weighted by molar-refractivity contribution is -0.131. The SMILES string of the molecule is Cc1ccc(Cn2c(SCC(=O)N3CCCC[C@@H]3C)nc3c2c(=O)n(C)c(=O)n3C)cc1. The average molecular weight is 456 g/mol. The van der Waals surface area contributed by atoms with Crippen LogP contribution in [0.25, 0.3) is 11.2 Å². The summed E-state index contributed by atoms with van der Waals surface area (Å²) >= 11 is 1.33. The molecule has 170 valence electrons. The fourth-order valence-corrected chi connectivity index (χ4v) is 5.12. The Morgan fingerprint density at radius 1 is 1.12 bits per heavy atom. The Balaban J connectivity index is 1.73. The maximum Gasteiger partial charge on any atom is 0.332 e. The molecule has 32 heavy (non-hydrogen) atoms. The number of nitrogens with zero attached hydrogens (tertiary/aromatic N) is 5. The van der Waals surface area contributed by atoms with E-state index in [1.54, 1.807) is 7.05 Å². The number of carbonyl (C=O) groups excluding carboxylic acids is 1. The van der Waals surface area contributed by atoms with E-state index in [0.717, 1.165) is 41.5 Å². The molecule has 0 unspecified atom stereocenters. The third-order valence-corrected chi connectivity index (χ3v) is 7.18. The summed E-state index contributed by atoms with van der Waals surface area (Å²) in [5.41, 5.74) is 2.08. The molecule has 0 bridgehead atoms. The molecule has 0 N–H and O–H groups in total. The number of carbonyl (C=O) groups is 1. The normalized spacial score (nSPS) is 16.6. The molecule has 1 aliphatic rings. The van der Waals surface area contributed by atoms with Gasteiger partial charge in [0.15, 0.2) is 16.3 Å². The molecule has 1 fully saturated rings. The number of hydrogen-bond acceptors (Lipinski definition) is 5. The van der Waals surface area contributed by atoms with Gasteiger partial charge in [0.25, 0.3) is 5.56 Å². The zero-order valence-corrected chi connectivity index (χ0v) is 19.8. The number of amides is 1. The van der Waals surface area contributed by atoms with Gasteiger partial charge in [-0.05, 0) is 38.7 Å². The van der Waals surface area contributed by atoms with Crippen molar-refractivity contribution < 1.29 is 4.79 Å². The van der Waals surface area contributed by atoms with Crippen molar-refractivity contribution in [2.75, 3.05) is 12.3 Å². The van der Waals surface area contributed by atoms with Crippen LogP contribution >= 0.6 is 11.8 Å². The van der Waals surface area contributed by atoms with Crippen LogP contribution in [-0.2, 0) is 25.4 Å². The molecule has 8 nitrogen and oxygen atoms in total. The van der Waals surface area contributed by atoms with Crippen LogP contribution in [0.15, 0.2) is 39.0 Å². The first-order valence-electron chi connectivity index (χ1n) is 10.9.